The van der Waals surface area contributed by atoms with Crippen LogP contribution in [0.25, 0.3) is 33.2 Å². The topological polar surface area (TPSA) is 90.3 Å². The summed E-state index contributed by atoms with van der Waals surface area (Å²) in [6.07, 6.45) is -0.906. The van der Waals surface area contributed by atoms with Gasteiger partial charge in [0.05, 0.1) is 15.7 Å². The number of aromatic nitrogens is 2. The normalized spacial score (nSPS) is 11.8. The lowest BCUT2D eigenvalue weighted by atomic mass is 9.96. The second-order valence-electron chi connectivity index (χ2n) is 9.46. The number of carbonyl (C=O) groups is 2. The summed E-state index contributed by atoms with van der Waals surface area (Å²) in [6, 6.07) is 20.0. The number of aryl methyl sites for hydroxylation is 1. The van der Waals surface area contributed by atoms with Crippen molar-refractivity contribution >= 4 is 62.3 Å². The van der Waals surface area contributed by atoms with Crippen molar-refractivity contribution in [1.82, 2.24) is 9.55 Å². The molecule has 0 aliphatic rings. The summed E-state index contributed by atoms with van der Waals surface area (Å²) in [7, 11) is 1.53. The highest BCUT2D eigenvalue weighted by Gasteiger charge is 2.28. The van der Waals surface area contributed by atoms with Crippen LogP contribution in [0, 0.1) is 6.92 Å². The molecule has 0 saturated carbocycles. The van der Waals surface area contributed by atoms with Gasteiger partial charge in [0.15, 0.2) is 11.2 Å². The van der Waals surface area contributed by atoms with E-state index in [-0.39, 0.29) is 17.7 Å². The molecule has 3 aromatic carbocycles. The monoisotopic (exact) mass is 605 g/mol. The summed E-state index contributed by atoms with van der Waals surface area (Å²) in [4.78, 5) is 44.6. The van der Waals surface area contributed by atoms with Crippen molar-refractivity contribution in [2.75, 3.05) is 5.32 Å². The second kappa shape index (κ2) is 11.9. The number of benzene rings is 3. The third-order valence-corrected chi connectivity index (χ3v) is 8.20. The first kappa shape index (κ1) is 28.5. The molecule has 10 heteroatoms. The molecule has 5 aromatic rings. The van der Waals surface area contributed by atoms with Crippen LogP contribution in [0.4, 0.5) is 5.13 Å². The van der Waals surface area contributed by atoms with Gasteiger partial charge in [-0.2, -0.15) is 0 Å². The molecule has 0 fully saturated rings. The van der Waals surface area contributed by atoms with Crippen molar-refractivity contribution in [3.63, 3.8) is 0 Å². The predicted molar refractivity (Wildman–Crippen MR) is 165 cm³/mol. The Morgan fingerprint density at radius 1 is 1.00 bits per heavy atom. The van der Waals surface area contributed by atoms with E-state index in [2.05, 4.69) is 10.3 Å². The molecule has 208 valence electrons. The van der Waals surface area contributed by atoms with E-state index in [9.17, 15) is 14.4 Å². The van der Waals surface area contributed by atoms with Gasteiger partial charge in [0.2, 0.25) is 0 Å². The Bertz CT molecular complexity index is 1850. The molecule has 2 heterocycles. The summed E-state index contributed by atoms with van der Waals surface area (Å²) in [6.45, 7) is 3.71. The Hall–Kier alpha value is -3.98. The average molecular weight is 607 g/mol. The van der Waals surface area contributed by atoms with Gasteiger partial charge >= 0.3 is 5.97 Å². The molecule has 7 nitrogen and oxygen atoms in total. The maximum Gasteiger partial charge on any atom is 0.356 e. The van der Waals surface area contributed by atoms with E-state index in [0.29, 0.717) is 37.2 Å². The first-order valence-electron chi connectivity index (χ1n) is 12.8. The minimum atomic E-state index is -1.12. The molecule has 0 bridgehead atoms. The number of hydrogen-bond donors (Lipinski definition) is 1. The van der Waals surface area contributed by atoms with E-state index in [1.165, 1.54) is 23.0 Å². The van der Waals surface area contributed by atoms with E-state index >= 15 is 0 Å². The highest BCUT2D eigenvalue weighted by Crippen LogP contribution is 2.33. The Morgan fingerprint density at radius 2 is 1.68 bits per heavy atom. The zero-order valence-corrected chi connectivity index (χ0v) is 24.7. The number of thiazole rings is 1. The van der Waals surface area contributed by atoms with Crippen LogP contribution in [0.3, 0.4) is 0 Å². The summed E-state index contributed by atoms with van der Waals surface area (Å²) in [5.74, 6) is -1.30. The van der Waals surface area contributed by atoms with Crippen LogP contribution in [-0.4, -0.2) is 27.5 Å². The number of carbonyl (C=O) groups excluding carboxylic acids is 2. The zero-order chi connectivity index (χ0) is 29.3. The number of fused-ring (bicyclic) bond motifs is 1. The molecule has 0 saturated heterocycles. The smallest absolute Gasteiger partial charge is 0.356 e. The second-order valence-corrected chi connectivity index (χ2v) is 11.1. The van der Waals surface area contributed by atoms with Gasteiger partial charge in [-0.1, -0.05) is 84.2 Å². The number of ether oxygens (including phenoxy) is 1. The number of halogens is 2. The van der Waals surface area contributed by atoms with E-state index in [0.717, 1.165) is 16.7 Å². The highest BCUT2D eigenvalue weighted by molar-refractivity contribution is 7.14. The molecule has 0 aliphatic carbocycles. The number of amides is 1. The lowest BCUT2D eigenvalue weighted by molar-refractivity contribution is -0.124. The Kier molecular flexibility index (Phi) is 8.26. The van der Waals surface area contributed by atoms with E-state index in [1.807, 2.05) is 37.3 Å². The maximum atomic E-state index is 13.7. The Morgan fingerprint density at radius 3 is 2.37 bits per heavy atom. The number of pyridine rings is 1. The van der Waals surface area contributed by atoms with Gasteiger partial charge in [-0.25, -0.2) is 9.78 Å². The first-order valence-corrected chi connectivity index (χ1v) is 14.4. The fraction of sp³-hybridized carbons (Fsp3) is 0.161. The van der Waals surface area contributed by atoms with Crippen LogP contribution in [-0.2, 0) is 16.6 Å². The average Bonchev–Trinajstić information content (AvgIpc) is 3.43. The summed E-state index contributed by atoms with van der Waals surface area (Å²) < 4.78 is 7.03. The molecule has 0 spiro atoms. The maximum absolute atomic E-state index is 13.7. The molecule has 1 N–H and O–H groups in total. The molecule has 0 aliphatic heterocycles. The van der Waals surface area contributed by atoms with Crippen LogP contribution in [0.1, 0.15) is 29.4 Å². The van der Waals surface area contributed by atoms with E-state index in [4.69, 9.17) is 27.9 Å². The van der Waals surface area contributed by atoms with Crippen LogP contribution in [0.15, 0.2) is 76.9 Å². The lowest BCUT2D eigenvalue weighted by Gasteiger charge is -2.20. The molecular formula is C31H25Cl2N3O4S. The van der Waals surface area contributed by atoms with Crippen LogP contribution in [0.2, 0.25) is 10.0 Å². The zero-order valence-electron chi connectivity index (χ0n) is 22.4. The quantitative estimate of drug-likeness (QED) is 0.194. The summed E-state index contributed by atoms with van der Waals surface area (Å²) >= 11 is 13.4. The summed E-state index contributed by atoms with van der Waals surface area (Å²) in [5.41, 5.74) is 3.47. The number of anilines is 1. The third kappa shape index (κ3) is 5.77. The van der Waals surface area contributed by atoms with Crippen molar-refractivity contribution in [3.8, 4) is 22.4 Å². The van der Waals surface area contributed by atoms with Gasteiger partial charge in [-0.05, 0) is 42.5 Å². The summed E-state index contributed by atoms with van der Waals surface area (Å²) in [5, 5.41) is 6.79. The number of nitrogens with zero attached hydrogens (tertiary/aromatic N) is 2. The standard InChI is InChI=1S/C31H25Cl2N3O4S/c1-4-25(28(37)35-31-34-24(16-41-31)19-13-14-22(32)23(33)15-19)40-30(39)27-26(18-11-9-17(2)10-12-18)20-7-5-6-8-21(20)29(38)36(27)3/h5-16,25H,4H2,1-3H3,(H,34,35,37). The van der Waals surface area contributed by atoms with Crippen LogP contribution >= 0.6 is 34.5 Å². The van der Waals surface area contributed by atoms with Gasteiger partial charge in [-0.15, -0.1) is 11.3 Å². The number of hydrogen-bond acceptors (Lipinski definition) is 6. The molecule has 1 atom stereocenters. The molecule has 5 rings (SSSR count). The number of esters is 1. The number of nitrogens with one attached hydrogen (secondary N) is 1. The molecule has 41 heavy (non-hydrogen) atoms. The lowest BCUT2D eigenvalue weighted by Crippen LogP contribution is -2.34. The Balaban J connectivity index is 1.44. The molecular weight excluding hydrogens is 581 g/mol. The van der Waals surface area contributed by atoms with Crippen molar-refractivity contribution in [1.29, 1.82) is 0 Å². The van der Waals surface area contributed by atoms with Gasteiger partial charge in [0.25, 0.3) is 11.5 Å². The Labute approximate surface area is 250 Å². The van der Waals surface area contributed by atoms with Gasteiger partial charge in [0.1, 0.15) is 5.69 Å². The number of rotatable bonds is 7. The van der Waals surface area contributed by atoms with Gasteiger partial charge in [-0.3, -0.25) is 14.9 Å². The van der Waals surface area contributed by atoms with Crippen molar-refractivity contribution in [3.05, 3.63) is 104 Å². The van der Waals surface area contributed by atoms with Crippen molar-refractivity contribution < 1.29 is 14.3 Å². The van der Waals surface area contributed by atoms with Crippen molar-refractivity contribution in [2.24, 2.45) is 7.05 Å². The largest absolute Gasteiger partial charge is 0.448 e. The van der Waals surface area contributed by atoms with Gasteiger partial charge < -0.3 is 9.30 Å². The first-order chi connectivity index (χ1) is 19.7. The molecule has 1 unspecified atom stereocenters. The van der Waals surface area contributed by atoms with E-state index < -0.39 is 18.0 Å². The molecule has 1 amide bonds. The minimum absolute atomic E-state index is 0.0694. The fourth-order valence-electron chi connectivity index (χ4n) is 4.53. The van der Waals surface area contributed by atoms with Crippen molar-refractivity contribution in [2.45, 2.75) is 26.4 Å². The van der Waals surface area contributed by atoms with E-state index in [1.54, 1.807) is 48.7 Å². The fourth-order valence-corrected chi connectivity index (χ4v) is 5.55. The third-order valence-electron chi connectivity index (χ3n) is 6.70. The molecule has 2 aromatic heterocycles. The SMILES string of the molecule is CCC(OC(=O)c1c(-c2ccc(C)cc2)c2ccccc2c(=O)n1C)C(=O)Nc1nc(-c2ccc(Cl)c(Cl)c2)cs1. The minimum Gasteiger partial charge on any atom is -0.448 e. The molecule has 0 radical (unpaired) electrons. The van der Waals surface area contributed by atoms with Crippen LogP contribution < -0.4 is 10.9 Å². The predicted octanol–water partition coefficient (Wildman–Crippen LogP) is 7.52. The highest BCUT2D eigenvalue weighted by atomic mass is 35.5. The van der Waals surface area contributed by atoms with Crippen LogP contribution in [0.5, 0.6) is 0 Å². The van der Waals surface area contributed by atoms with Gasteiger partial charge in [0, 0.05) is 28.9 Å².